The Morgan fingerprint density at radius 1 is 1.04 bits per heavy atom. The fraction of sp³-hybridized carbons (Fsp3) is 0.667. The average Bonchev–Trinajstić information content (AvgIpc) is 3.14. The molecular weight excluding hydrogens is 328 g/mol. The highest BCUT2D eigenvalue weighted by atomic mass is 16.6. The second-order valence-electron chi connectivity index (χ2n) is 8.41. The lowest BCUT2D eigenvalue weighted by Gasteiger charge is -2.33. The Morgan fingerprint density at radius 3 is 2.23 bits per heavy atom. The fourth-order valence-corrected chi connectivity index (χ4v) is 3.55. The van der Waals surface area contributed by atoms with Crippen LogP contribution in [-0.4, -0.2) is 49.4 Å². The monoisotopic (exact) mass is 360 g/mol. The van der Waals surface area contributed by atoms with Crippen LogP contribution in [0.25, 0.3) is 0 Å². The number of carbonyl (C=O) groups is 1. The molecule has 26 heavy (non-hydrogen) atoms. The lowest BCUT2D eigenvalue weighted by Crippen LogP contribution is -2.42. The van der Waals surface area contributed by atoms with E-state index in [4.69, 9.17) is 9.47 Å². The molecule has 2 aliphatic heterocycles. The van der Waals surface area contributed by atoms with Crippen LogP contribution in [0, 0.1) is 5.92 Å². The van der Waals surface area contributed by atoms with Crippen LogP contribution < -0.4 is 9.64 Å². The summed E-state index contributed by atoms with van der Waals surface area (Å²) < 4.78 is 11.4. The second-order valence-corrected chi connectivity index (χ2v) is 8.41. The van der Waals surface area contributed by atoms with Crippen LogP contribution in [0.4, 0.5) is 10.5 Å². The molecule has 5 heteroatoms. The molecular formula is C21H32N2O3. The molecule has 144 valence electrons. The number of rotatable bonds is 4. The van der Waals surface area contributed by atoms with Gasteiger partial charge in [0.2, 0.25) is 0 Å². The number of ether oxygens (including phenoxy) is 2. The number of hydrogen-bond acceptors (Lipinski definition) is 4. The summed E-state index contributed by atoms with van der Waals surface area (Å²) >= 11 is 0. The highest BCUT2D eigenvalue weighted by molar-refractivity contribution is 5.68. The quantitative estimate of drug-likeness (QED) is 0.802. The third-order valence-corrected chi connectivity index (χ3v) is 5.06. The van der Waals surface area contributed by atoms with Crippen LogP contribution >= 0.6 is 0 Å². The van der Waals surface area contributed by atoms with Crippen molar-refractivity contribution < 1.29 is 14.3 Å². The van der Waals surface area contributed by atoms with Crippen LogP contribution in [-0.2, 0) is 4.74 Å². The highest BCUT2D eigenvalue weighted by Crippen LogP contribution is 2.25. The number of likely N-dealkylation sites (tertiary alicyclic amines) is 1. The molecule has 1 aromatic rings. The molecule has 3 rings (SSSR count). The molecule has 0 radical (unpaired) electrons. The number of anilines is 1. The van der Waals surface area contributed by atoms with Crippen molar-refractivity contribution in [1.82, 2.24) is 4.90 Å². The smallest absolute Gasteiger partial charge is 0.410 e. The van der Waals surface area contributed by atoms with Gasteiger partial charge in [0, 0.05) is 31.9 Å². The van der Waals surface area contributed by atoms with E-state index >= 15 is 0 Å². The van der Waals surface area contributed by atoms with Crippen molar-refractivity contribution >= 4 is 11.8 Å². The summed E-state index contributed by atoms with van der Waals surface area (Å²) in [6.07, 6.45) is 4.31. The minimum absolute atomic E-state index is 0.200. The van der Waals surface area contributed by atoms with Crippen LogP contribution in [0.5, 0.6) is 5.75 Å². The van der Waals surface area contributed by atoms with Crippen molar-refractivity contribution in [2.24, 2.45) is 5.92 Å². The van der Waals surface area contributed by atoms with Crippen LogP contribution in [0.15, 0.2) is 24.3 Å². The minimum Gasteiger partial charge on any atom is -0.493 e. The van der Waals surface area contributed by atoms with E-state index < -0.39 is 5.60 Å². The number of carbonyl (C=O) groups excluding carboxylic acids is 1. The Morgan fingerprint density at radius 2 is 1.65 bits per heavy atom. The van der Waals surface area contributed by atoms with E-state index in [2.05, 4.69) is 29.2 Å². The average molecular weight is 360 g/mol. The Labute approximate surface area is 157 Å². The summed E-state index contributed by atoms with van der Waals surface area (Å²) in [5.41, 5.74) is 0.860. The van der Waals surface area contributed by atoms with Crippen molar-refractivity contribution in [3.8, 4) is 5.75 Å². The van der Waals surface area contributed by atoms with Gasteiger partial charge in [-0.25, -0.2) is 4.79 Å². The first-order chi connectivity index (χ1) is 12.4. The van der Waals surface area contributed by atoms with Gasteiger partial charge >= 0.3 is 6.09 Å². The molecule has 2 aliphatic rings. The number of piperidine rings is 1. The molecule has 0 atom stereocenters. The molecule has 1 amide bonds. The lowest BCUT2D eigenvalue weighted by molar-refractivity contribution is 0.0165. The van der Waals surface area contributed by atoms with Gasteiger partial charge in [-0.1, -0.05) is 0 Å². The Bertz CT molecular complexity index is 580. The van der Waals surface area contributed by atoms with Gasteiger partial charge in [-0.05, 0) is 76.6 Å². The third kappa shape index (κ3) is 5.29. The van der Waals surface area contributed by atoms with Gasteiger partial charge in [0.05, 0.1) is 6.61 Å². The summed E-state index contributed by atoms with van der Waals surface area (Å²) in [5.74, 6) is 1.43. The first kappa shape index (κ1) is 18.9. The molecule has 0 N–H and O–H groups in total. The summed E-state index contributed by atoms with van der Waals surface area (Å²) in [7, 11) is 0. The largest absolute Gasteiger partial charge is 0.493 e. The zero-order valence-corrected chi connectivity index (χ0v) is 16.4. The second kappa shape index (κ2) is 8.19. The first-order valence-corrected chi connectivity index (χ1v) is 9.86. The third-order valence-electron chi connectivity index (χ3n) is 5.06. The molecule has 0 unspecified atom stereocenters. The van der Waals surface area contributed by atoms with E-state index in [1.165, 1.54) is 18.5 Å². The number of benzene rings is 1. The summed E-state index contributed by atoms with van der Waals surface area (Å²) in [6.45, 7) is 10.2. The summed E-state index contributed by atoms with van der Waals surface area (Å²) in [6, 6.07) is 8.46. The van der Waals surface area contributed by atoms with E-state index in [0.29, 0.717) is 12.5 Å². The number of hydrogen-bond donors (Lipinski definition) is 0. The molecule has 0 bridgehead atoms. The zero-order chi connectivity index (χ0) is 18.6. The number of amides is 1. The van der Waals surface area contributed by atoms with E-state index in [-0.39, 0.29) is 6.09 Å². The highest BCUT2D eigenvalue weighted by Gasteiger charge is 2.27. The van der Waals surface area contributed by atoms with Crippen molar-refractivity contribution in [3.63, 3.8) is 0 Å². The van der Waals surface area contributed by atoms with Gasteiger partial charge in [-0.15, -0.1) is 0 Å². The Kier molecular flexibility index (Phi) is 5.94. The van der Waals surface area contributed by atoms with Crippen molar-refractivity contribution in [3.05, 3.63) is 24.3 Å². The van der Waals surface area contributed by atoms with E-state index in [1.807, 2.05) is 25.7 Å². The maximum absolute atomic E-state index is 12.1. The lowest BCUT2D eigenvalue weighted by atomic mass is 9.98. The van der Waals surface area contributed by atoms with E-state index in [9.17, 15) is 4.79 Å². The zero-order valence-electron chi connectivity index (χ0n) is 16.4. The molecule has 5 nitrogen and oxygen atoms in total. The van der Waals surface area contributed by atoms with Crippen LogP contribution in [0.1, 0.15) is 46.5 Å². The van der Waals surface area contributed by atoms with Crippen molar-refractivity contribution in [1.29, 1.82) is 0 Å². The molecule has 2 fully saturated rings. The summed E-state index contributed by atoms with van der Waals surface area (Å²) in [4.78, 5) is 16.3. The van der Waals surface area contributed by atoms with E-state index in [0.717, 1.165) is 44.8 Å². The summed E-state index contributed by atoms with van der Waals surface area (Å²) in [5, 5.41) is 0. The van der Waals surface area contributed by atoms with Gasteiger partial charge in [0.1, 0.15) is 11.4 Å². The predicted octanol–water partition coefficient (Wildman–Crippen LogP) is 4.31. The molecule has 2 saturated heterocycles. The van der Waals surface area contributed by atoms with Gasteiger partial charge in [-0.3, -0.25) is 0 Å². The standard InChI is InChI=1S/C21H32N2O3/c1-21(2,3)26-20(24)23-14-10-17(11-15-23)16-25-19-8-6-18(7-9-19)22-12-4-5-13-22/h6-9,17H,4-5,10-16H2,1-3H3. The predicted molar refractivity (Wildman–Crippen MR) is 104 cm³/mol. The van der Waals surface area contributed by atoms with Gasteiger partial charge in [-0.2, -0.15) is 0 Å². The Hall–Kier alpha value is -1.91. The number of nitrogens with zero attached hydrogens (tertiary/aromatic N) is 2. The minimum atomic E-state index is -0.432. The van der Waals surface area contributed by atoms with Crippen LogP contribution in [0.2, 0.25) is 0 Å². The van der Waals surface area contributed by atoms with Crippen molar-refractivity contribution in [2.75, 3.05) is 37.7 Å². The molecule has 0 spiro atoms. The van der Waals surface area contributed by atoms with Crippen LogP contribution in [0.3, 0.4) is 0 Å². The molecule has 2 heterocycles. The molecule has 1 aromatic carbocycles. The Balaban J connectivity index is 1.40. The maximum Gasteiger partial charge on any atom is 0.410 e. The fourth-order valence-electron chi connectivity index (χ4n) is 3.55. The topological polar surface area (TPSA) is 42.0 Å². The van der Waals surface area contributed by atoms with Gasteiger partial charge < -0.3 is 19.3 Å². The van der Waals surface area contributed by atoms with Gasteiger partial charge in [0.25, 0.3) is 0 Å². The van der Waals surface area contributed by atoms with Gasteiger partial charge in [0.15, 0.2) is 0 Å². The molecule has 0 aromatic heterocycles. The van der Waals surface area contributed by atoms with Crippen molar-refractivity contribution in [2.45, 2.75) is 52.1 Å². The van der Waals surface area contributed by atoms with E-state index in [1.54, 1.807) is 0 Å². The maximum atomic E-state index is 12.1. The molecule has 0 aliphatic carbocycles. The SMILES string of the molecule is CC(C)(C)OC(=O)N1CCC(COc2ccc(N3CCCC3)cc2)CC1. The molecule has 0 saturated carbocycles. The normalized spacial score (nSPS) is 18.9. The first-order valence-electron chi connectivity index (χ1n) is 9.86.